The minimum atomic E-state index is -0.289. The molecule has 3 rings (SSSR count). The molecule has 8 heteroatoms. The van der Waals surface area contributed by atoms with E-state index in [0.29, 0.717) is 29.1 Å². The number of hydrazone groups is 1. The average molecular weight is 430 g/mol. The van der Waals surface area contributed by atoms with Crippen LogP contribution >= 0.6 is 22.9 Å². The largest absolute Gasteiger partial charge is 0.489 e. The molecule has 6 nitrogen and oxygen atoms in total. The second kappa shape index (κ2) is 10.6. The highest BCUT2D eigenvalue weighted by Gasteiger charge is 2.07. The number of halogens is 1. The lowest BCUT2D eigenvalue weighted by Gasteiger charge is -2.07. The van der Waals surface area contributed by atoms with Gasteiger partial charge in [0.1, 0.15) is 12.4 Å². The molecular formula is C21H20ClN3O3S. The van der Waals surface area contributed by atoms with Crippen LogP contribution in [0.25, 0.3) is 0 Å². The summed E-state index contributed by atoms with van der Waals surface area (Å²) in [4.78, 5) is 15.8. The van der Waals surface area contributed by atoms with Crippen molar-refractivity contribution in [2.24, 2.45) is 5.10 Å². The van der Waals surface area contributed by atoms with E-state index in [9.17, 15) is 4.79 Å². The van der Waals surface area contributed by atoms with Gasteiger partial charge in [-0.3, -0.25) is 10.2 Å². The molecule has 0 spiro atoms. The molecule has 0 radical (unpaired) electrons. The molecule has 1 aromatic heterocycles. The number of hydrogen-bond donors (Lipinski definition) is 1. The summed E-state index contributed by atoms with van der Waals surface area (Å²) < 4.78 is 10.7. The van der Waals surface area contributed by atoms with Crippen molar-refractivity contribution in [2.75, 3.05) is 12.0 Å². The summed E-state index contributed by atoms with van der Waals surface area (Å²) in [6.07, 6.45) is 1.83. The number of nitrogens with one attached hydrogen (secondary N) is 1. The smallest absolute Gasteiger partial charge is 0.311 e. The lowest BCUT2D eigenvalue weighted by Crippen LogP contribution is -2.07. The van der Waals surface area contributed by atoms with Crippen LogP contribution in [-0.2, 0) is 22.6 Å². The molecule has 1 N–H and O–H groups in total. The SMILES string of the molecule is CCOC(=O)Cc1csc(NN=Cc2cccc(OCc3cccc(Cl)c3)c2)n1. The van der Waals surface area contributed by atoms with E-state index in [0.717, 1.165) is 16.9 Å². The molecule has 0 aliphatic carbocycles. The topological polar surface area (TPSA) is 72.8 Å². The predicted molar refractivity (Wildman–Crippen MR) is 116 cm³/mol. The zero-order valence-corrected chi connectivity index (χ0v) is 17.4. The van der Waals surface area contributed by atoms with Gasteiger partial charge in [0.2, 0.25) is 5.13 Å². The van der Waals surface area contributed by atoms with Gasteiger partial charge in [-0.1, -0.05) is 35.9 Å². The Bertz CT molecular complexity index is 991. The first-order valence-corrected chi connectivity index (χ1v) is 10.2. The van der Waals surface area contributed by atoms with Gasteiger partial charge in [-0.05, 0) is 42.3 Å². The van der Waals surface area contributed by atoms with Crippen LogP contribution in [0.2, 0.25) is 5.02 Å². The van der Waals surface area contributed by atoms with E-state index in [-0.39, 0.29) is 12.4 Å². The minimum absolute atomic E-state index is 0.155. The van der Waals surface area contributed by atoms with E-state index in [4.69, 9.17) is 21.1 Å². The van der Waals surface area contributed by atoms with Gasteiger partial charge in [-0.25, -0.2) is 4.98 Å². The molecule has 0 aliphatic rings. The number of rotatable bonds is 9. The number of esters is 1. The summed E-state index contributed by atoms with van der Waals surface area (Å²) in [5, 5.41) is 7.29. The highest BCUT2D eigenvalue weighted by Crippen LogP contribution is 2.18. The normalized spacial score (nSPS) is 10.8. The third kappa shape index (κ3) is 6.89. The fraction of sp³-hybridized carbons (Fsp3) is 0.190. The summed E-state index contributed by atoms with van der Waals surface area (Å²) >= 11 is 7.37. The molecule has 0 unspecified atom stereocenters. The molecule has 2 aromatic carbocycles. The molecule has 0 fully saturated rings. The number of aromatic nitrogens is 1. The predicted octanol–water partition coefficient (Wildman–Crippen LogP) is 4.93. The number of nitrogens with zero attached hydrogens (tertiary/aromatic N) is 2. The highest BCUT2D eigenvalue weighted by atomic mass is 35.5. The summed E-state index contributed by atoms with van der Waals surface area (Å²) in [6, 6.07) is 15.2. The summed E-state index contributed by atoms with van der Waals surface area (Å²) in [5.41, 5.74) is 5.41. The Balaban J connectivity index is 1.52. The molecule has 0 aliphatic heterocycles. The molecule has 0 atom stereocenters. The number of hydrogen-bond acceptors (Lipinski definition) is 7. The van der Waals surface area contributed by atoms with Gasteiger partial charge in [-0.2, -0.15) is 5.10 Å². The maximum absolute atomic E-state index is 11.5. The van der Waals surface area contributed by atoms with Crippen LogP contribution < -0.4 is 10.2 Å². The van der Waals surface area contributed by atoms with Crippen LogP contribution in [-0.4, -0.2) is 23.8 Å². The molecule has 1 heterocycles. The molecule has 29 heavy (non-hydrogen) atoms. The van der Waals surface area contributed by atoms with Crippen LogP contribution in [0.3, 0.4) is 0 Å². The van der Waals surface area contributed by atoms with Gasteiger partial charge >= 0.3 is 5.97 Å². The van der Waals surface area contributed by atoms with E-state index >= 15 is 0 Å². The number of carbonyl (C=O) groups excluding carboxylic acids is 1. The summed E-state index contributed by atoms with van der Waals surface area (Å²) in [7, 11) is 0. The molecule has 0 saturated carbocycles. The van der Waals surface area contributed by atoms with Crippen molar-refractivity contribution in [1.82, 2.24) is 4.98 Å². The van der Waals surface area contributed by atoms with Gasteiger partial charge < -0.3 is 9.47 Å². The van der Waals surface area contributed by atoms with Gasteiger partial charge in [0.15, 0.2) is 0 Å². The second-order valence-electron chi connectivity index (χ2n) is 5.99. The molecule has 3 aromatic rings. The van der Waals surface area contributed by atoms with Crippen LogP contribution in [0.15, 0.2) is 59.0 Å². The van der Waals surface area contributed by atoms with Crippen LogP contribution in [0, 0.1) is 0 Å². The van der Waals surface area contributed by atoms with Crippen molar-refractivity contribution in [3.8, 4) is 5.75 Å². The van der Waals surface area contributed by atoms with Gasteiger partial charge in [0.25, 0.3) is 0 Å². The summed E-state index contributed by atoms with van der Waals surface area (Å²) in [5.74, 6) is 0.447. The lowest BCUT2D eigenvalue weighted by molar-refractivity contribution is -0.142. The molecule has 0 saturated heterocycles. The van der Waals surface area contributed by atoms with Gasteiger partial charge in [0, 0.05) is 10.4 Å². The maximum atomic E-state index is 11.5. The highest BCUT2D eigenvalue weighted by molar-refractivity contribution is 7.13. The minimum Gasteiger partial charge on any atom is -0.489 e. The monoisotopic (exact) mass is 429 g/mol. The first kappa shape index (κ1) is 20.8. The van der Waals surface area contributed by atoms with Crippen LogP contribution in [0.1, 0.15) is 23.7 Å². The zero-order chi connectivity index (χ0) is 20.5. The van der Waals surface area contributed by atoms with Crippen LogP contribution in [0.5, 0.6) is 5.75 Å². The standard InChI is InChI=1S/C21H20ClN3O3S/c1-2-27-20(26)11-18-14-29-21(24-18)25-23-12-15-5-4-8-19(10-15)28-13-16-6-3-7-17(22)9-16/h3-10,12,14H,2,11,13H2,1H3,(H,24,25). The Morgan fingerprint density at radius 3 is 2.97 bits per heavy atom. The number of benzene rings is 2. The van der Waals surface area contributed by atoms with E-state index in [1.54, 1.807) is 18.5 Å². The quantitative estimate of drug-likeness (QED) is 0.296. The fourth-order valence-corrected chi connectivity index (χ4v) is 3.31. The third-order valence-electron chi connectivity index (χ3n) is 3.71. The van der Waals surface area contributed by atoms with E-state index < -0.39 is 0 Å². The maximum Gasteiger partial charge on any atom is 0.311 e. The van der Waals surface area contributed by atoms with Crippen molar-refractivity contribution >= 4 is 40.3 Å². The van der Waals surface area contributed by atoms with Crippen molar-refractivity contribution < 1.29 is 14.3 Å². The van der Waals surface area contributed by atoms with E-state index in [1.807, 2.05) is 48.5 Å². The van der Waals surface area contributed by atoms with Crippen molar-refractivity contribution in [3.63, 3.8) is 0 Å². The number of anilines is 1. The Labute approximate surface area is 178 Å². The molecule has 0 amide bonds. The zero-order valence-electron chi connectivity index (χ0n) is 15.8. The fourth-order valence-electron chi connectivity index (χ4n) is 2.44. The Hall–Kier alpha value is -2.90. The van der Waals surface area contributed by atoms with Crippen molar-refractivity contribution in [3.05, 3.63) is 75.8 Å². The second-order valence-corrected chi connectivity index (χ2v) is 7.28. The van der Waals surface area contributed by atoms with Gasteiger partial charge in [0.05, 0.1) is 24.9 Å². The molecular weight excluding hydrogens is 410 g/mol. The Morgan fingerprint density at radius 1 is 1.28 bits per heavy atom. The molecule has 150 valence electrons. The number of thiazole rings is 1. The molecule has 0 bridgehead atoms. The Morgan fingerprint density at radius 2 is 2.14 bits per heavy atom. The van der Waals surface area contributed by atoms with Gasteiger partial charge in [-0.15, -0.1) is 11.3 Å². The third-order valence-corrected chi connectivity index (χ3v) is 4.74. The average Bonchev–Trinajstić information content (AvgIpc) is 3.14. The Kier molecular flexibility index (Phi) is 7.61. The number of carbonyl (C=O) groups is 1. The number of ether oxygens (including phenoxy) is 2. The van der Waals surface area contributed by atoms with Crippen LogP contribution in [0.4, 0.5) is 5.13 Å². The lowest BCUT2D eigenvalue weighted by atomic mass is 10.2. The van der Waals surface area contributed by atoms with Crippen molar-refractivity contribution in [1.29, 1.82) is 0 Å². The first-order chi connectivity index (χ1) is 14.1. The first-order valence-electron chi connectivity index (χ1n) is 8.99. The van der Waals surface area contributed by atoms with Crippen molar-refractivity contribution in [2.45, 2.75) is 20.0 Å². The van der Waals surface area contributed by atoms with E-state index in [1.165, 1.54) is 11.3 Å². The van der Waals surface area contributed by atoms with E-state index in [2.05, 4.69) is 15.5 Å². The summed E-state index contributed by atoms with van der Waals surface area (Å²) in [6.45, 7) is 2.57.